The number of nitrogens with zero attached hydrogens (tertiary/aromatic N) is 4. The number of hydrogen-bond donors (Lipinski definition) is 1. The molecule has 1 N–H and O–H groups in total. The zero-order valence-electron chi connectivity index (χ0n) is 15.2. The van der Waals surface area contributed by atoms with Crippen LogP contribution in [0.3, 0.4) is 0 Å². The maximum absolute atomic E-state index is 13.7. The molecule has 3 aliphatic heterocycles. The molecule has 0 aliphatic carbocycles. The number of halogens is 1. The lowest BCUT2D eigenvalue weighted by Gasteiger charge is -2.36. The fourth-order valence-corrected chi connectivity index (χ4v) is 4.08. The van der Waals surface area contributed by atoms with Gasteiger partial charge < -0.3 is 15.1 Å². The minimum absolute atomic E-state index is 0.0537. The van der Waals surface area contributed by atoms with E-state index < -0.39 is 0 Å². The first kappa shape index (κ1) is 17.7. The SMILES string of the molecule is O=C(NCCc1ccccc1F)N1C[C@H]2CC[C@@H]1CN(c1cnccn1)C2. The van der Waals surface area contributed by atoms with Crippen molar-refractivity contribution in [2.75, 3.05) is 31.1 Å². The third-order valence-corrected chi connectivity index (χ3v) is 5.48. The molecule has 3 fully saturated rings. The summed E-state index contributed by atoms with van der Waals surface area (Å²) < 4.78 is 13.7. The van der Waals surface area contributed by atoms with Gasteiger partial charge in [-0.15, -0.1) is 0 Å². The molecule has 0 spiro atoms. The number of fused-ring (bicyclic) bond motifs is 4. The van der Waals surface area contributed by atoms with E-state index in [0.29, 0.717) is 24.4 Å². The number of carbonyl (C=O) groups excluding carboxylic acids is 1. The lowest BCUT2D eigenvalue weighted by Crippen LogP contribution is -2.51. The summed E-state index contributed by atoms with van der Waals surface area (Å²) in [4.78, 5) is 25.5. The van der Waals surface area contributed by atoms with Crippen molar-refractivity contribution in [3.8, 4) is 0 Å². The predicted molar refractivity (Wildman–Crippen MR) is 101 cm³/mol. The Hall–Kier alpha value is -2.70. The molecule has 0 saturated carbocycles. The molecule has 27 heavy (non-hydrogen) atoms. The van der Waals surface area contributed by atoms with Crippen LogP contribution in [0.5, 0.6) is 0 Å². The molecular weight excluding hydrogens is 345 g/mol. The van der Waals surface area contributed by atoms with Crippen molar-refractivity contribution < 1.29 is 9.18 Å². The van der Waals surface area contributed by atoms with E-state index in [9.17, 15) is 9.18 Å². The summed E-state index contributed by atoms with van der Waals surface area (Å²) in [5.74, 6) is 1.08. The van der Waals surface area contributed by atoms with Crippen LogP contribution in [0.1, 0.15) is 18.4 Å². The summed E-state index contributed by atoms with van der Waals surface area (Å²) >= 11 is 0. The van der Waals surface area contributed by atoms with Crippen molar-refractivity contribution in [2.24, 2.45) is 5.92 Å². The highest BCUT2D eigenvalue weighted by Gasteiger charge is 2.37. The molecule has 3 saturated heterocycles. The molecule has 1 aromatic heterocycles. The number of carbonyl (C=O) groups is 1. The van der Waals surface area contributed by atoms with Crippen molar-refractivity contribution in [1.82, 2.24) is 20.2 Å². The van der Waals surface area contributed by atoms with E-state index in [1.54, 1.807) is 30.7 Å². The van der Waals surface area contributed by atoms with Gasteiger partial charge >= 0.3 is 6.03 Å². The standard InChI is InChI=1S/C20H24FN5O/c21-18-4-2-1-3-16(18)7-8-24-20(27)26-13-15-5-6-17(26)14-25(12-15)19-11-22-9-10-23-19/h1-4,9-11,15,17H,5-8,12-14H2,(H,24,27)/t15-,17+/m0/s1. The highest BCUT2D eigenvalue weighted by Crippen LogP contribution is 2.29. The van der Waals surface area contributed by atoms with Crippen molar-refractivity contribution >= 4 is 11.8 Å². The highest BCUT2D eigenvalue weighted by molar-refractivity contribution is 5.75. The monoisotopic (exact) mass is 369 g/mol. The van der Waals surface area contributed by atoms with Crippen LogP contribution < -0.4 is 10.2 Å². The average Bonchev–Trinajstić information content (AvgIpc) is 3.02. The predicted octanol–water partition coefficient (Wildman–Crippen LogP) is 2.47. The molecular formula is C20H24FN5O. The fraction of sp³-hybridized carbons (Fsp3) is 0.450. The molecule has 0 unspecified atom stereocenters. The summed E-state index contributed by atoms with van der Waals surface area (Å²) in [6.45, 7) is 2.86. The molecule has 0 radical (unpaired) electrons. The molecule has 4 heterocycles. The Morgan fingerprint density at radius 2 is 2.07 bits per heavy atom. The van der Waals surface area contributed by atoms with Crippen molar-refractivity contribution in [1.29, 1.82) is 0 Å². The molecule has 1 aromatic carbocycles. The Balaban J connectivity index is 1.36. The van der Waals surface area contributed by atoms with E-state index in [1.165, 1.54) is 6.07 Å². The number of hydrogen-bond acceptors (Lipinski definition) is 4. The third kappa shape index (κ3) is 4.02. The first-order valence-corrected chi connectivity index (χ1v) is 9.49. The first-order valence-electron chi connectivity index (χ1n) is 9.49. The number of rotatable bonds is 4. The summed E-state index contributed by atoms with van der Waals surface area (Å²) in [5.41, 5.74) is 0.629. The molecule has 142 valence electrons. The number of anilines is 1. The van der Waals surface area contributed by atoms with Gasteiger partial charge in [0.25, 0.3) is 0 Å². The molecule has 6 nitrogen and oxygen atoms in total. The van der Waals surface area contributed by atoms with Crippen molar-refractivity contribution in [3.63, 3.8) is 0 Å². The van der Waals surface area contributed by atoms with E-state index in [-0.39, 0.29) is 17.9 Å². The van der Waals surface area contributed by atoms with Gasteiger partial charge in [0.2, 0.25) is 0 Å². The maximum atomic E-state index is 13.7. The van der Waals surface area contributed by atoms with Crippen LogP contribution in [0.4, 0.5) is 15.0 Å². The minimum atomic E-state index is -0.222. The Morgan fingerprint density at radius 1 is 1.19 bits per heavy atom. The van der Waals surface area contributed by atoms with Gasteiger partial charge in [0.05, 0.1) is 12.2 Å². The minimum Gasteiger partial charge on any atom is -0.353 e. The van der Waals surface area contributed by atoms with Crippen LogP contribution in [0.25, 0.3) is 0 Å². The largest absolute Gasteiger partial charge is 0.353 e. The fourth-order valence-electron chi connectivity index (χ4n) is 4.08. The summed E-state index contributed by atoms with van der Waals surface area (Å²) in [6, 6.07) is 6.81. The Labute approximate surface area is 158 Å². The number of aromatic nitrogens is 2. The van der Waals surface area contributed by atoms with Gasteiger partial charge in [-0.25, -0.2) is 14.2 Å². The lowest BCUT2D eigenvalue weighted by atomic mass is 9.95. The van der Waals surface area contributed by atoms with Gasteiger partial charge in [-0.3, -0.25) is 4.98 Å². The molecule has 2 aromatic rings. The van der Waals surface area contributed by atoms with E-state index in [0.717, 1.165) is 38.3 Å². The Bertz CT molecular complexity index is 787. The Morgan fingerprint density at radius 3 is 2.89 bits per heavy atom. The summed E-state index contributed by atoms with van der Waals surface area (Å²) in [7, 11) is 0. The second-order valence-electron chi connectivity index (χ2n) is 7.29. The molecule has 2 amide bonds. The molecule has 2 bridgehead atoms. The number of nitrogens with one attached hydrogen (secondary N) is 1. The van der Waals surface area contributed by atoms with E-state index in [4.69, 9.17) is 0 Å². The first-order chi connectivity index (χ1) is 13.2. The van der Waals surface area contributed by atoms with Crippen molar-refractivity contribution in [3.05, 3.63) is 54.2 Å². The number of benzene rings is 1. The van der Waals surface area contributed by atoms with Crippen LogP contribution in [-0.4, -0.2) is 53.1 Å². The molecule has 5 rings (SSSR count). The van der Waals surface area contributed by atoms with E-state index in [2.05, 4.69) is 20.2 Å². The topological polar surface area (TPSA) is 61.4 Å². The van der Waals surface area contributed by atoms with Crippen LogP contribution in [0, 0.1) is 11.7 Å². The van der Waals surface area contributed by atoms with Crippen molar-refractivity contribution in [2.45, 2.75) is 25.3 Å². The summed E-state index contributed by atoms with van der Waals surface area (Å²) in [5, 5.41) is 2.97. The third-order valence-electron chi connectivity index (χ3n) is 5.48. The van der Waals surface area contributed by atoms with Gasteiger partial charge in [-0.2, -0.15) is 0 Å². The normalized spacial score (nSPS) is 21.8. The van der Waals surface area contributed by atoms with Crippen LogP contribution in [0.15, 0.2) is 42.9 Å². The summed E-state index contributed by atoms with van der Waals surface area (Å²) in [6.07, 6.45) is 7.78. The number of amides is 2. The van der Waals surface area contributed by atoms with Gasteiger partial charge in [0, 0.05) is 38.6 Å². The second-order valence-corrected chi connectivity index (χ2v) is 7.29. The number of urea groups is 1. The Kier molecular flexibility index (Phi) is 5.18. The quantitative estimate of drug-likeness (QED) is 0.899. The molecule has 7 heteroatoms. The van der Waals surface area contributed by atoms with Crippen LogP contribution >= 0.6 is 0 Å². The molecule has 2 atom stereocenters. The van der Waals surface area contributed by atoms with E-state index in [1.807, 2.05) is 11.0 Å². The van der Waals surface area contributed by atoms with Crippen LogP contribution in [0.2, 0.25) is 0 Å². The van der Waals surface area contributed by atoms with Gasteiger partial charge in [-0.1, -0.05) is 18.2 Å². The molecule has 3 aliphatic rings. The van der Waals surface area contributed by atoms with E-state index >= 15 is 0 Å². The van der Waals surface area contributed by atoms with Gasteiger partial charge in [-0.05, 0) is 36.8 Å². The lowest BCUT2D eigenvalue weighted by molar-refractivity contribution is 0.143. The number of piperidine rings is 1. The van der Waals surface area contributed by atoms with Crippen LogP contribution in [-0.2, 0) is 6.42 Å². The average molecular weight is 369 g/mol. The maximum Gasteiger partial charge on any atom is 0.317 e. The van der Waals surface area contributed by atoms with Gasteiger partial charge in [0.15, 0.2) is 0 Å². The van der Waals surface area contributed by atoms with Gasteiger partial charge in [0.1, 0.15) is 11.6 Å². The second kappa shape index (κ2) is 7.90. The zero-order chi connectivity index (χ0) is 18.6. The highest BCUT2D eigenvalue weighted by atomic mass is 19.1. The smallest absolute Gasteiger partial charge is 0.317 e. The zero-order valence-corrected chi connectivity index (χ0v) is 15.2.